The van der Waals surface area contributed by atoms with Crippen LogP contribution in [0.15, 0.2) is 0 Å². The van der Waals surface area contributed by atoms with Crippen LogP contribution in [0.2, 0.25) is 0 Å². The summed E-state index contributed by atoms with van der Waals surface area (Å²) >= 11 is 0. The molecule has 0 aromatic heterocycles. The fourth-order valence-corrected chi connectivity index (χ4v) is 4.69. The van der Waals surface area contributed by atoms with Crippen molar-refractivity contribution in [2.75, 3.05) is 25.4 Å². The van der Waals surface area contributed by atoms with Gasteiger partial charge in [-0.15, -0.1) is 0 Å². The Morgan fingerprint density at radius 2 is 1.90 bits per heavy atom. The fourth-order valence-electron chi connectivity index (χ4n) is 2.79. The van der Waals surface area contributed by atoms with Crippen molar-refractivity contribution < 1.29 is 17.9 Å². The van der Waals surface area contributed by atoms with Crippen LogP contribution in [0, 0.1) is 0 Å². The van der Waals surface area contributed by atoms with E-state index in [2.05, 4.69) is 5.32 Å². The molecule has 2 aliphatic heterocycles. The van der Waals surface area contributed by atoms with Crippen molar-refractivity contribution in [2.45, 2.75) is 50.5 Å². The molecule has 6 nitrogen and oxygen atoms in total. The lowest BCUT2D eigenvalue weighted by Crippen LogP contribution is -2.52. The second kappa shape index (κ2) is 5.52. The first-order valence-electron chi connectivity index (χ1n) is 7.12. The van der Waals surface area contributed by atoms with E-state index in [4.69, 9.17) is 4.74 Å². The minimum absolute atomic E-state index is 0.0406. The Kier molecular flexibility index (Phi) is 4.30. The van der Waals surface area contributed by atoms with Gasteiger partial charge in [-0.25, -0.2) is 13.2 Å². The maximum atomic E-state index is 12.1. The highest BCUT2D eigenvalue weighted by atomic mass is 32.2. The fraction of sp³-hybridized carbons (Fsp3) is 0.923. The van der Waals surface area contributed by atoms with Gasteiger partial charge in [0.05, 0.1) is 11.0 Å². The number of amides is 1. The molecule has 20 heavy (non-hydrogen) atoms. The normalized spacial score (nSPS) is 30.2. The highest BCUT2D eigenvalue weighted by molar-refractivity contribution is 7.92. The van der Waals surface area contributed by atoms with Crippen LogP contribution < -0.4 is 5.32 Å². The average Bonchev–Trinajstić information content (AvgIpc) is 2.49. The largest absolute Gasteiger partial charge is 0.444 e. The van der Waals surface area contributed by atoms with Crippen LogP contribution in [-0.4, -0.2) is 61.7 Å². The first-order chi connectivity index (χ1) is 9.19. The number of ether oxygens (including phenoxy) is 1. The molecule has 0 spiro atoms. The van der Waals surface area contributed by atoms with Crippen molar-refractivity contribution in [3.05, 3.63) is 0 Å². The molecule has 0 aromatic rings. The molecule has 1 N–H and O–H groups in total. The van der Waals surface area contributed by atoms with E-state index in [9.17, 15) is 13.2 Å². The number of hydrogen-bond acceptors (Lipinski definition) is 5. The van der Waals surface area contributed by atoms with Crippen molar-refractivity contribution in [1.29, 1.82) is 0 Å². The van der Waals surface area contributed by atoms with Crippen molar-refractivity contribution in [1.82, 2.24) is 10.2 Å². The molecule has 0 bridgehead atoms. The topological polar surface area (TPSA) is 75.7 Å². The van der Waals surface area contributed by atoms with Gasteiger partial charge in [-0.05, 0) is 33.6 Å². The SMILES string of the molecule is CC(C)(C)OC(=O)N1CC[C@H]2NCCS(=O)(=O)[C@H]2CC1. The summed E-state index contributed by atoms with van der Waals surface area (Å²) in [6.45, 7) is 6.98. The number of hydrogen-bond donors (Lipinski definition) is 1. The van der Waals surface area contributed by atoms with Crippen LogP contribution in [0.5, 0.6) is 0 Å². The highest BCUT2D eigenvalue weighted by Crippen LogP contribution is 2.23. The Balaban J connectivity index is 2.03. The van der Waals surface area contributed by atoms with Crippen molar-refractivity contribution >= 4 is 15.9 Å². The monoisotopic (exact) mass is 304 g/mol. The van der Waals surface area contributed by atoms with Crippen LogP contribution >= 0.6 is 0 Å². The van der Waals surface area contributed by atoms with Gasteiger partial charge >= 0.3 is 6.09 Å². The van der Waals surface area contributed by atoms with Gasteiger partial charge in [-0.3, -0.25) is 0 Å². The molecule has 116 valence electrons. The predicted molar refractivity (Wildman–Crippen MR) is 76.4 cm³/mol. The molecule has 1 amide bonds. The zero-order valence-electron chi connectivity index (χ0n) is 12.4. The molecule has 2 saturated heterocycles. The Morgan fingerprint density at radius 1 is 1.25 bits per heavy atom. The molecule has 0 aliphatic carbocycles. The number of nitrogens with zero attached hydrogens (tertiary/aromatic N) is 1. The Bertz CT molecular complexity index is 469. The van der Waals surface area contributed by atoms with Gasteiger partial charge in [0.15, 0.2) is 9.84 Å². The summed E-state index contributed by atoms with van der Waals surface area (Å²) in [5, 5.41) is 2.89. The summed E-state index contributed by atoms with van der Waals surface area (Å²) < 4.78 is 29.6. The summed E-state index contributed by atoms with van der Waals surface area (Å²) in [6.07, 6.45) is 0.788. The number of likely N-dealkylation sites (tertiary alicyclic amines) is 1. The van der Waals surface area contributed by atoms with E-state index < -0.39 is 15.4 Å². The molecular formula is C13H24N2O4S. The zero-order chi connectivity index (χ0) is 15.0. The van der Waals surface area contributed by atoms with E-state index in [-0.39, 0.29) is 23.1 Å². The summed E-state index contributed by atoms with van der Waals surface area (Å²) in [7, 11) is -3.03. The Morgan fingerprint density at radius 3 is 2.55 bits per heavy atom. The van der Waals surface area contributed by atoms with Crippen LogP contribution in [-0.2, 0) is 14.6 Å². The van der Waals surface area contributed by atoms with Crippen molar-refractivity contribution in [3.8, 4) is 0 Å². The quantitative estimate of drug-likeness (QED) is 0.715. The van der Waals surface area contributed by atoms with Gasteiger partial charge in [0.25, 0.3) is 0 Å². The molecule has 0 aromatic carbocycles. The average molecular weight is 304 g/mol. The van der Waals surface area contributed by atoms with Gasteiger partial charge in [0.2, 0.25) is 0 Å². The minimum atomic E-state index is -3.03. The number of nitrogens with one attached hydrogen (secondary N) is 1. The molecule has 0 radical (unpaired) electrons. The summed E-state index contributed by atoms with van der Waals surface area (Å²) in [5.41, 5.74) is -0.527. The molecule has 2 aliphatic rings. The van der Waals surface area contributed by atoms with Gasteiger partial charge in [0, 0.05) is 25.7 Å². The van der Waals surface area contributed by atoms with Gasteiger partial charge in [0.1, 0.15) is 5.60 Å². The van der Waals surface area contributed by atoms with E-state index in [0.29, 0.717) is 32.5 Å². The molecule has 2 rings (SSSR count). The molecule has 2 fully saturated rings. The lowest BCUT2D eigenvalue weighted by Gasteiger charge is -2.30. The standard InChI is InChI=1S/C13H24N2O4S/c1-13(2,3)19-12(16)15-7-4-10-11(5-8-15)20(17,18)9-6-14-10/h10-11,14H,4-9H2,1-3H3/t10-,11+/m1/s1. The van der Waals surface area contributed by atoms with Crippen LogP contribution in [0.25, 0.3) is 0 Å². The maximum absolute atomic E-state index is 12.1. The van der Waals surface area contributed by atoms with Gasteiger partial charge < -0.3 is 15.0 Å². The third-order valence-corrected chi connectivity index (χ3v) is 6.01. The van der Waals surface area contributed by atoms with E-state index >= 15 is 0 Å². The van der Waals surface area contributed by atoms with Gasteiger partial charge in [-0.2, -0.15) is 0 Å². The smallest absolute Gasteiger partial charge is 0.410 e. The number of fused-ring (bicyclic) bond motifs is 1. The van der Waals surface area contributed by atoms with E-state index in [1.807, 2.05) is 20.8 Å². The molecular weight excluding hydrogens is 280 g/mol. The third kappa shape index (κ3) is 3.63. The second-order valence-electron chi connectivity index (χ2n) is 6.51. The number of sulfone groups is 1. The number of rotatable bonds is 0. The van der Waals surface area contributed by atoms with Crippen LogP contribution in [0.3, 0.4) is 0 Å². The molecule has 0 saturated carbocycles. The van der Waals surface area contributed by atoms with Crippen molar-refractivity contribution in [3.63, 3.8) is 0 Å². The lowest BCUT2D eigenvalue weighted by atomic mass is 10.1. The second-order valence-corrected chi connectivity index (χ2v) is 8.85. The lowest BCUT2D eigenvalue weighted by molar-refractivity contribution is 0.0256. The van der Waals surface area contributed by atoms with Crippen LogP contribution in [0.4, 0.5) is 4.79 Å². The number of carbonyl (C=O) groups is 1. The molecule has 2 atom stereocenters. The predicted octanol–water partition coefficient (Wildman–Crippen LogP) is 0.773. The summed E-state index contributed by atoms with van der Waals surface area (Å²) in [6, 6.07) is -0.0406. The Hall–Kier alpha value is -0.820. The van der Waals surface area contributed by atoms with E-state index in [1.165, 1.54) is 0 Å². The third-order valence-electron chi connectivity index (χ3n) is 3.75. The summed E-state index contributed by atoms with van der Waals surface area (Å²) in [5.74, 6) is 0.195. The zero-order valence-corrected chi connectivity index (χ0v) is 13.2. The molecule has 7 heteroatoms. The van der Waals surface area contributed by atoms with E-state index in [1.54, 1.807) is 4.90 Å². The summed E-state index contributed by atoms with van der Waals surface area (Å²) in [4.78, 5) is 13.7. The number of carbonyl (C=O) groups excluding carboxylic acids is 1. The minimum Gasteiger partial charge on any atom is -0.444 e. The van der Waals surface area contributed by atoms with Crippen LogP contribution in [0.1, 0.15) is 33.6 Å². The maximum Gasteiger partial charge on any atom is 0.410 e. The molecule has 2 heterocycles. The molecule has 0 unspecified atom stereocenters. The highest BCUT2D eigenvalue weighted by Gasteiger charge is 2.39. The Labute approximate surface area is 120 Å². The van der Waals surface area contributed by atoms with Gasteiger partial charge in [-0.1, -0.05) is 0 Å². The first-order valence-corrected chi connectivity index (χ1v) is 8.83. The first kappa shape index (κ1) is 15.6. The van der Waals surface area contributed by atoms with Crippen molar-refractivity contribution in [2.24, 2.45) is 0 Å². The van der Waals surface area contributed by atoms with E-state index in [0.717, 1.165) is 0 Å².